The van der Waals surface area contributed by atoms with Gasteiger partial charge in [-0.15, -0.1) is 0 Å². The van der Waals surface area contributed by atoms with E-state index in [1.165, 1.54) is 12.8 Å². The summed E-state index contributed by atoms with van der Waals surface area (Å²) in [4.78, 5) is 14.7. The summed E-state index contributed by atoms with van der Waals surface area (Å²) >= 11 is 0. The van der Waals surface area contributed by atoms with Crippen LogP contribution in [0.15, 0.2) is 0 Å². The van der Waals surface area contributed by atoms with E-state index in [2.05, 4.69) is 15.5 Å². The molecule has 0 aliphatic carbocycles. The Bertz CT molecular complexity index is 288. The van der Waals surface area contributed by atoms with Crippen molar-refractivity contribution in [2.75, 3.05) is 32.8 Å². The van der Waals surface area contributed by atoms with Crippen molar-refractivity contribution in [3.63, 3.8) is 0 Å². The molecule has 0 saturated carbocycles. The third kappa shape index (κ3) is 4.16. The molecule has 19 heavy (non-hydrogen) atoms. The lowest BCUT2D eigenvalue weighted by Gasteiger charge is -2.40. The summed E-state index contributed by atoms with van der Waals surface area (Å²) in [6.45, 7) is 8.31. The first-order valence-corrected chi connectivity index (χ1v) is 7.53. The topological polar surface area (TPSA) is 53.6 Å². The minimum absolute atomic E-state index is 0.112. The molecule has 0 aromatic heterocycles. The molecule has 2 atom stereocenters. The molecule has 5 nitrogen and oxygen atoms in total. The molecule has 2 unspecified atom stereocenters. The quantitative estimate of drug-likeness (QED) is 0.776. The number of nitrogens with one attached hydrogen (secondary N) is 2. The summed E-state index contributed by atoms with van der Waals surface area (Å²) in [5.74, 6) is 0.118. The predicted molar refractivity (Wildman–Crippen MR) is 75.1 cm³/mol. The fourth-order valence-corrected chi connectivity index (χ4v) is 2.99. The average molecular weight is 269 g/mol. The Balaban J connectivity index is 1.99. The summed E-state index contributed by atoms with van der Waals surface area (Å²) in [5, 5.41) is 6.46. The van der Waals surface area contributed by atoms with Gasteiger partial charge in [0.05, 0.1) is 13.2 Å². The van der Waals surface area contributed by atoms with Gasteiger partial charge in [0.2, 0.25) is 5.91 Å². The third-order valence-electron chi connectivity index (χ3n) is 3.92. The molecule has 2 heterocycles. The molecule has 0 aromatic rings. The smallest absolute Gasteiger partial charge is 0.239 e. The number of carbonyl (C=O) groups is 1. The fourth-order valence-electron chi connectivity index (χ4n) is 2.99. The highest BCUT2D eigenvalue weighted by Gasteiger charge is 2.34. The predicted octanol–water partition coefficient (Wildman–Crippen LogP) is 0.354. The summed E-state index contributed by atoms with van der Waals surface area (Å²) in [6.07, 6.45) is 3.50. The Labute approximate surface area is 116 Å². The van der Waals surface area contributed by atoms with E-state index in [0.717, 1.165) is 32.7 Å². The van der Waals surface area contributed by atoms with Crippen molar-refractivity contribution in [1.29, 1.82) is 0 Å². The van der Waals surface area contributed by atoms with Crippen LogP contribution in [-0.4, -0.2) is 61.8 Å². The Morgan fingerprint density at radius 3 is 3.00 bits per heavy atom. The minimum atomic E-state index is -0.112. The molecule has 110 valence electrons. The molecule has 2 fully saturated rings. The largest absolute Gasteiger partial charge is 0.378 e. The number of nitrogens with zero attached hydrogens (tertiary/aromatic N) is 1. The number of hydrogen-bond donors (Lipinski definition) is 2. The first kappa shape index (κ1) is 14.8. The van der Waals surface area contributed by atoms with Gasteiger partial charge in [-0.25, -0.2) is 0 Å². The van der Waals surface area contributed by atoms with Gasteiger partial charge in [-0.3, -0.25) is 9.69 Å². The molecule has 5 heteroatoms. The monoisotopic (exact) mass is 269 g/mol. The first-order valence-electron chi connectivity index (χ1n) is 7.53. The van der Waals surface area contributed by atoms with Gasteiger partial charge < -0.3 is 15.4 Å². The van der Waals surface area contributed by atoms with Gasteiger partial charge in [-0.05, 0) is 46.2 Å². The summed E-state index contributed by atoms with van der Waals surface area (Å²) in [7, 11) is 0. The lowest BCUT2D eigenvalue weighted by atomic mass is 10.0. The van der Waals surface area contributed by atoms with Crippen LogP contribution in [0.25, 0.3) is 0 Å². The van der Waals surface area contributed by atoms with E-state index < -0.39 is 0 Å². The Hall–Kier alpha value is -0.650. The van der Waals surface area contributed by atoms with Gasteiger partial charge in [-0.1, -0.05) is 0 Å². The maximum Gasteiger partial charge on any atom is 0.239 e. The fraction of sp³-hybridized carbons (Fsp3) is 0.929. The van der Waals surface area contributed by atoms with Crippen LogP contribution in [0, 0.1) is 0 Å². The van der Waals surface area contributed by atoms with Crippen LogP contribution >= 0.6 is 0 Å². The van der Waals surface area contributed by atoms with E-state index in [9.17, 15) is 4.79 Å². The van der Waals surface area contributed by atoms with E-state index in [-0.39, 0.29) is 18.0 Å². The molecule has 2 saturated heterocycles. The normalized spacial score (nSPS) is 30.1. The number of amides is 1. The van der Waals surface area contributed by atoms with Gasteiger partial charge in [-0.2, -0.15) is 0 Å². The number of rotatable bonds is 3. The van der Waals surface area contributed by atoms with Crippen LogP contribution in [0.2, 0.25) is 0 Å². The van der Waals surface area contributed by atoms with Gasteiger partial charge in [0.1, 0.15) is 6.04 Å². The second-order valence-electron chi connectivity index (χ2n) is 5.83. The van der Waals surface area contributed by atoms with Gasteiger partial charge in [0.15, 0.2) is 0 Å². The van der Waals surface area contributed by atoms with Crippen molar-refractivity contribution in [3.05, 3.63) is 0 Å². The van der Waals surface area contributed by atoms with Crippen molar-refractivity contribution >= 4 is 5.91 Å². The summed E-state index contributed by atoms with van der Waals surface area (Å²) < 4.78 is 5.52. The van der Waals surface area contributed by atoms with Crippen LogP contribution < -0.4 is 10.6 Å². The van der Waals surface area contributed by atoms with E-state index in [1.807, 2.05) is 13.8 Å². The highest BCUT2D eigenvalue weighted by atomic mass is 16.5. The molecule has 0 spiro atoms. The number of morpholine rings is 1. The van der Waals surface area contributed by atoms with Crippen LogP contribution in [0.4, 0.5) is 0 Å². The zero-order valence-electron chi connectivity index (χ0n) is 12.2. The molecule has 2 N–H and O–H groups in total. The molecule has 2 rings (SSSR count). The molecule has 0 radical (unpaired) electrons. The maximum atomic E-state index is 12.3. The Morgan fingerprint density at radius 2 is 2.21 bits per heavy atom. The van der Waals surface area contributed by atoms with Crippen LogP contribution in [-0.2, 0) is 9.53 Å². The standard InChI is InChI=1S/C14H27N3O2/c1-11(2)16-14(18)13-10-19-9-8-17(13)12-4-3-6-15-7-5-12/h11-13,15H,3-10H2,1-2H3,(H,16,18). The highest BCUT2D eigenvalue weighted by molar-refractivity contribution is 5.82. The SMILES string of the molecule is CC(C)NC(=O)C1COCCN1C1CCCNCC1. The van der Waals surface area contributed by atoms with E-state index in [1.54, 1.807) is 0 Å². The lowest BCUT2D eigenvalue weighted by molar-refractivity contribution is -0.135. The van der Waals surface area contributed by atoms with Crippen molar-refractivity contribution in [2.45, 2.75) is 51.2 Å². The number of hydrogen-bond acceptors (Lipinski definition) is 4. The lowest BCUT2D eigenvalue weighted by Crippen LogP contribution is -2.58. The summed E-state index contributed by atoms with van der Waals surface area (Å²) in [6, 6.07) is 0.591. The van der Waals surface area contributed by atoms with Crippen molar-refractivity contribution in [3.8, 4) is 0 Å². The Morgan fingerprint density at radius 1 is 1.37 bits per heavy atom. The van der Waals surface area contributed by atoms with E-state index >= 15 is 0 Å². The second kappa shape index (κ2) is 7.22. The van der Waals surface area contributed by atoms with Crippen molar-refractivity contribution in [1.82, 2.24) is 15.5 Å². The number of carbonyl (C=O) groups excluding carboxylic acids is 1. The van der Waals surface area contributed by atoms with Crippen molar-refractivity contribution < 1.29 is 9.53 Å². The Kier molecular flexibility index (Phi) is 5.60. The zero-order chi connectivity index (χ0) is 13.7. The molecule has 2 aliphatic rings. The average Bonchev–Trinajstić information content (AvgIpc) is 2.66. The molecule has 0 bridgehead atoms. The van der Waals surface area contributed by atoms with Gasteiger partial charge >= 0.3 is 0 Å². The second-order valence-corrected chi connectivity index (χ2v) is 5.83. The van der Waals surface area contributed by atoms with E-state index in [0.29, 0.717) is 12.6 Å². The zero-order valence-corrected chi connectivity index (χ0v) is 12.2. The highest BCUT2D eigenvalue weighted by Crippen LogP contribution is 2.19. The number of ether oxygens (including phenoxy) is 1. The summed E-state index contributed by atoms with van der Waals surface area (Å²) in [5.41, 5.74) is 0. The molecule has 0 aromatic carbocycles. The minimum Gasteiger partial charge on any atom is -0.378 e. The molecule has 1 amide bonds. The maximum absolute atomic E-state index is 12.3. The molecular weight excluding hydrogens is 242 g/mol. The molecule has 2 aliphatic heterocycles. The van der Waals surface area contributed by atoms with Crippen LogP contribution in [0.3, 0.4) is 0 Å². The van der Waals surface area contributed by atoms with Crippen LogP contribution in [0.5, 0.6) is 0 Å². The van der Waals surface area contributed by atoms with Crippen LogP contribution in [0.1, 0.15) is 33.1 Å². The third-order valence-corrected chi connectivity index (χ3v) is 3.92. The van der Waals surface area contributed by atoms with Crippen molar-refractivity contribution in [2.24, 2.45) is 0 Å². The van der Waals surface area contributed by atoms with Gasteiger partial charge in [0.25, 0.3) is 0 Å². The molecular formula is C14H27N3O2. The first-order chi connectivity index (χ1) is 9.18. The van der Waals surface area contributed by atoms with E-state index in [4.69, 9.17) is 4.74 Å². The van der Waals surface area contributed by atoms with Gasteiger partial charge in [0, 0.05) is 18.6 Å².